The molecule has 1 fully saturated rings. The second-order valence-electron chi connectivity index (χ2n) is 4.89. The molecule has 1 aliphatic rings. The number of aliphatic carboxylic acids is 1. The molecule has 3 rings (SSSR count). The molecule has 0 spiro atoms. The predicted molar refractivity (Wildman–Crippen MR) is 84.3 cm³/mol. The van der Waals surface area contributed by atoms with E-state index in [0.717, 1.165) is 24.9 Å². The molecule has 0 unspecified atom stereocenters. The first-order chi connectivity index (χ1) is 11.1. The van der Waals surface area contributed by atoms with Crippen LogP contribution in [0.5, 0.6) is 0 Å². The molecule has 0 saturated carbocycles. The predicted octanol–water partition coefficient (Wildman–Crippen LogP) is 1.76. The van der Waals surface area contributed by atoms with E-state index in [1.54, 1.807) is 13.0 Å². The van der Waals surface area contributed by atoms with Crippen molar-refractivity contribution in [2.45, 2.75) is 12.1 Å². The molecule has 2 N–H and O–H groups in total. The Balaban J connectivity index is 1.76. The van der Waals surface area contributed by atoms with Gasteiger partial charge in [-0.1, -0.05) is 0 Å². The maximum absolute atomic E-state index is 11.4. The molecular weight excluding hydrogens is 320 g/mol. The van der Waals surface area contributed by atoms with Crippen LogP contribution in [0.2, 0.25) is 0 Å². The third-order valence-electron chi connectivity index (χ3n) is 3.20. The molecule has 9 heteroatoms. The Morgan fingerprint density at radius 3 is 2.87 bits per heavy atom. The van der Waals surface area contributed by atoms with E-state index in [4.69, 9.17) is 9.15 Å². The number of hydrogen-bond donors (Lipinski definition) is 2. The van der Waals surface area contributed by atoms with Crippen molar-refractivity contribution in [3.8, 4) is 0 Å². The molecule has 0 aromatic carbocycles. The number of carboxylic acids is 1. The smallest absolute Gasteiger partial charge is 0.342 e. The summed E-state index contributed by atoms with van der Waals surface area (Å²) in [5.74, 6) is 0.762. The summed E-state index contributed by atoms with van der Waals surface area (Å²) in [6.45, 7) is 4.59. The number of ether oxygens (including phenoxy) is 1. The minimum Gasteiger partial charge on any atom is -0.477 e. The zero-order valence-corrected chi connectivity index (χ0v) is 13.3. The van der Waals surface area contributed by atoms with E-state index in [0.29, 0.717) is 35.8 Å². The average molecular weight is 336 g/mol. The molecule has 0 amide bonds. The summed E-state index contributed by atoms with van der Waals surface area (Å²) in [5.41, 5.74) is 0. The number of aryl methyl sites for hydroxylation is 1. The summed E-state index contributed by atoms with van der Waals surface area (Å²) < 4.78 is 11.0. The number of furan rings is 1. The standard InChI is InChI=1S/C14H16N4O4S/c1-9-15-14(17-16-9)23-11(13(19)20)8-10-2-3-12(22-10)18-4-6-21-7-5-18/h2-3,8H,4-7H2,1H3,(H,19,20)(H,15,16,17)/b11-8-. The third kappa shape index (κ3) is 3.93. The Kier molecular flexibility index (Phi) is 4.68. The molecule has 3 heterocycles. The number of hydrogen-bond acceptors (Lipinski definition) is 7. The molecule has 1 aliphatic heterocycles. The summed E-state index contributed by atoms with van der Waals surface area (Å²) in [6, 6.07) is 3.58. The van der Waals surface area contributed by atoms with Crippen molar-refractivity contribution in [3.63, 3.8) is 0 Å². The highest BCUT2D eigenvalue weighted by Crippen LogP contribution is 2.28. The number of anilines is 1. The Hall–Kier alpha value is -2.26. The Labute approximate surface area is 136 Å². The van der Waals surface area contributed by atoms with Gasteiger partial charge >= 0.3 is 5.97 Å². The third-order valence-corrected chi connectivity index (χ3v) is 4.07. The minimum absolute atomic E-state index is 0.0897. The van der Waals surface area contributed by atoms with Gasteiger partial charge in [0, 0.05) is 25.2 Å². The highest BCUT2D eigenvalue weighted by molar-refractivity contribution is 8.04. The van der Waals surface area contributed by atoms with Crippen LogP contribution >= 0.6 is 11.8 Å². The van der Waals surface area contributed by atoms with Crippen LogP contribution in [-0.4, -0.2) is 52.6 Å². The molecule has 0 radical (unpaired) electrons. The summed E-state index contributed by atoms with van der Waals surface area (Å²) >= 11 is 0.972. The van der Waals surface area contributed by atoms with Crippen LogP contribution < -0.4 is 4.90 Å². The van der Waals surface area contributed by atoms with Crippen LogP contribution in [0.3, 0.4) is 0 Å². The van der Waals surface area contributed by atoms with E-state index < -0.39 is 5.97 Å². The summed E-state index contributed by atoms with van der Waals surface area (Å²) in [7, 11) is 0. The number of thioether (sulfide) groups is 1. The summed E-state index contributed by atoms with van der Waals surface area (Å²) in [4.78, 5) is 17.6. The first kappa shape index (κ1) is 15.6. The zero-order chi connectivity index (χ0) is 16.2. The molecule has 122 valence electrons. The zero-order valence-electron chi connectivity index (χ0n) is 12.5. The van der Waals surface area contributed by atoms with Gasteiger partial charge in [0.15, 0.2) is 5.88 Å². The first-order valence-corrected chi connectivity index (χ1v) is 7.88. The van der Waals surface area contributed by atoms with Gasteiger partial charge < -0.3 is 19.2 Å². The van der Waals surface area contributed by atoms with Crippen molar-refractivity contribution in [2.24, 2.45) is 0 Å². The molecular formula is C14H16N4O4S. The quantitative estimate of drug-likeness (QED) is 0.629. The number of carbonyl (C=O) groups is 1. The van der Waals surface area contributed by atoms with Gasteiger partial charge in [-0.3, -0.25) is 5.10 Å². The normalized spacial score (nSPS) is 15.9. The van der Waals surface area contributed by atoms with E-state index in [1.165, 1.54) is 6.08 Å². The van der Waals surface area contributed by atoms with E-state index in [2.05, 4.69) is 20.1 Å². The molecule has 0 aliphatic carbocycles. The van der Waals surface area contributed by atoms with Gasteiger partial charge in [0.2, 0.25) is 5.16 Å². The van der Waals surface area contributed by atoms with Gasteiger partial charge in [-0.15, -0.1) is 5.10 Å². The van der Waals surface area contributed by atoms with Gasteiger partial charge in [0.05, 0.1) is 13.2 Å². The van der Waals surface area contributed by atoms with Crippen molar-refractivity contribution in [1.29, 1.82) is 0 Å². The highest BCUT2D eigenvalue weighted by Gasteiger charge is 2.17. The molecule has 8 nitrogen and oxygen atoms in total. The lowest BCUT2D eigenvalue weighted by Crippen LogP contribution is -2.35. The maximum atomic E-state index is 11.4. The number of carboxylic acid groups (broad SMARTS) is 1. The van der Waals surface area contributed by atoms with E-state index in [-0.39, 0.29) is 4.91 Å². The number of rotatable bonds is 5. The average Bonchev–Trinajstić information content (AvgIpc) is 3.17. The molecule has 2 aromatic rings. The molecule has 0 bridgehead atoms. The summed E-state index contributed by atoms with van der Waals surface area (Å²) in [5, 5.41) is 16.3. The van der Waals surface area contributed by atoms with Crippen molar-refractivity contribution in [1.82, 2.24) is 15.2 Å². The number of H-pyrrole nitrogens is 1. The van der Waals surface area contributed by atoms with Crippen LogP contribution in [-0.2, 0) is 9.53 Å². The van der Waals surface area contributed by atoms with Crippen molar-refractivity contribution in [3.05, 3.63) is 28.6 Å². The van der Waals surface area contributed by atoms with Crippen LogP contribution in [0.15, 0.2) is 26.6 Å². The number of nitrogens with one attached hydrogen (secondary N) is 1. The van der Waals surface area contributed by atoms with Gasteiger partial charge in [-0.05, 0) is 24.8 Å². The van der Waals surface area contributed by atoms with Crippen LogP contribution in [0.1, 0.15) is 11.6 Å². The minimum atomic E-state index is -1.05. The highest BCUT2D eigenvalue weighted by atomic mass is 32.2. The lowest BCUT2D eigenvalue weighted by atomic mass is 10.4. The van der Waals surface area contributed by atoms with Gasteiger partial charge in [0.1, 0.15) is 16.5 Å². The molecule has 23 heavy (non-hydrogen) atoms. The fraction of sp³-hybridized carbons (Fsp3) is 0.357. The van der Waals surface area contributed by atoms with Gasteiger partial charge in [-0.25, -0.2) is 9.78 Å². The molecule has 2 aromatic heterocycles. The number of aromatic nitrogens is 3. The SMILES string of the molecule is Cc1nc(S/C(=C\c2ccc(N3CCOCC3)o2)C(=O)O)n[nH]1. The first-order valence-electron chi connectivity index (χ1n) is 7.06. The monoisotopic (exact) mass is 336 g/mol. The van der Waals surface area contributed by atoms with Crippen molar-refractivity contribution >= 4 is 29.7 Å². The van der Waals surface area contributed by atoms with Crippen molar-refractivity contribution < 1.29 is 19.1 Å². The maximum Gasteiger partial charge on any atom is 0.342 e. The van der Waals surface area contributed by atoms with Crippen LogP contribution in [0, 0.1) is 6.92 Å². The molecule has 1 saturated heterocycles. The Bertz CT molecular complexity index is 718. The van der Waals surface area contributed by atoms with Crippen LogP contribution in [0.4, 0.5) is 5.88 Å². The largest absolute Gasteiger partial charge is 0.477 e. The molecule has 0 atom stereocenters. The number of morpholine rings is 1. The van der Waals surface area contributed by atoms with E-state index in [1.807, 2.05) is 6.07 Å². The second kappa shape index (κ2) is 6.88. The Morgan fingerprint density at radius 2 is 2.22 bits per heavy atom. The summed E-state index contributed by atoms with van der Waals surface area (Å²) in [6.07, 6.45) is 1.47. The lowest BCUT2D eigenvalue weighted by molar-refractivity contribution is -0.131. The number of aromatic amines is 1. The van der Waals surface area contributed by atoms with E-state index >= 15 is 0 Å². The second-order valence-corrected chi connectivity index (χ2v) is 5.90. The topological polar surface area (TPSA) is 104 Å². The Morgan fingerprint density at radius 1 is 1.43 bits per heavy atom. The fourth-order valence-electron chi connectivity index (χ4n) is 2.10. The van der Waals surface area contributed by atoms with E-state index in [9.17, 15) is 9.90 Å². The van der Waals surface area contributed by atoms with Crippen molar-refractivity contribution in [2.75, 3.05) is 31.2 Å². The van der Waals surface area contributed by atoms with Gasteiger partial charge in [0.25, 0.3) is 0 Å². The number of nitrogens with zero attached hydrogens (tertiary/aromatic N) is 3. The van der Waals surface area contributed by atoms with Gasteiger partial charge in [-0.2, -0.15) is 0 Å². The lowest BCUT2D eigenvalue weighted by Gasteiger charge is -2.26. The fourth-order valence-corrected chi connectivity index (χ4v) is 2.84. The van der Waals surface area contributed by atoms with Crippen LogP contribution in [0.25, 0.3) is 6.08 Å².